The van der Waals surface area contributed by atoms with E-state index in [1.54, 1.807) is 14.2 Å². The second-order valence-corrected chi connectivity index (χ2v) is 10.0. The molecular weight excluding hydrogens is 470 g/mol. The van der Waals surface area contributed by atoms with Gasteiger partial charge in [-0.25, -0.2) is 0 Å². The van der Waals surface area contributed by atoms with Gasteiger partial charge in [-0.05, 0) is 55.9 Å². The van der Waals surface area contributed by atoms with Crippen molar-refractivity contribution in [3.8, 4) is 11.5 Å². The Balaban J connectivity index is 1.47. The first-order chi connectivity index (χ1) is 18.1. The van der Waals surface area contributed by atoms with E-state index in [9.17, 15) is 0 Å². The standard InChI is InChI=1S/C29H43N3O5/c1-31(2)13-16-36-27-19-30-20-28(29(27)23-7-9-24(34-4)10-8-23)37-21-22-6-11-26-25(18-22)32(14-17-35-26)12-5-15-33-3/h6-11,18,27-30H,5,12-17,19-21H2,1-4H3/t27-,28+,29+/m1/s1. The third-order valence-electron chi connectivity index (χ3n) is 7.09. The van der Waals surface area contributed by atoms with Gasteiger partial charge < -0.3 is 38.8 Å². The lowest BCUT2D eigenvalue weighted by molar-refractivity contribution is -0.0616. The third kappa shape index (κ3) is 7.58. The summed E-state index contributed by atoms with van der Waals surface area (Å²) in [6.07, 6.45) is 1.00. The van der Waals surface area contributed by atoms with Gasteiger partial charge in [-0.3, -0.25) is 0 Å². The van der Waals surface area contributed by atoms with Gasteiger partial charge in [-0.15, -0.1) is 0 Å². The molecule has 0 spiro atoms. The molecule has 8 heteroatoms. The molecule has 1 N–H and O–H groups in total. The van der Waals surface area contributed by atoms with Crippen LogP contribution in [0.1, 0.15) is 23.5 Å². The maximum absolute atomic E-state index is 6.61. The summed E-state index contributed by atoms with van der Waals surface area (Å²) in [6, 6.07) is 14.7. The number of fused-ring (bicyclic) bond motifs is 1. The van der Waals surface area contributed by atoms with Gasteiger partial charge in [0, 0.05) is 45.8 Å². The molecule has 8 nitrogen and oxygen atoms in total. The van der Waals surface area contributed by atoms with Gasteiger partial charge >= 0.3 is 0 Å². The Hall–Kier alpha value is -2.36. The van der Waals surface area contributed by atoms with Crippen LogP contribution in [-0.2, 0) is 20.8 Å². The van der Waals surface area contributed by atoms with E-state index in [-0.39, 0.29) is 18.1 Å². The minimum atomic E-state index is -0.0170. The molecule has 3 atom stereocenters. The maximum atomic E-state index is 6.61. The minimum Gasteiger partial charge on any atom is -0.497 e. The van der Waals surface area contributed by atoms with Crippen molar-refractivity contribution in [1.29, 1.82) is 0 Å². The van der Waals surface area contributed by atoms with Crippen molar-refractivity contribution < 1.29 is 23.7 Å². The fourth-order valence-electron chi connectivity index (χ4n) is 5.07. The highest BCUT2D eigenvalue weighted by Gasteiger charge is 2.36. The first-order valence-corrected chi connectivity index (χ1v) is 13.3. The normalized spacial score (nSPS) is 21.5. The van der Waals surface area contributed by atoms with E-state index in [0.29, 0.717) is 19.8 Å². The number of ether oxygens (including phenoxy) is 5. The van der Waals surface area contributed by atoms with Gasteiger partial charge in [0.15, 0.2) is 0 Å². The summed E-state index contributed by atoms with van der Waals surface area (Å²) < 4.78 is 29.6. The third-order valence-corrected chi connectivity index (χ3v) is 7.09. The number of piperidine rings is 1. The van der Waals surface area contributed by atoms with E-state index in [1.807, 2.05) is 12.1 Å². The Morgan fingerprint density at radius 3 is 2.51 bits per heavy atom. The smallest absolute Gasteiger partial charge is 0.142 e. The van der Waals surface area contributed by atoms with E-state index in [4.69, 9.17) is 23.7 Å². The van der Waals surface area contributed by atoms with Gasteiger partial charge in [0.2, 0.25) is 0 Å². The number of hydrogen-bond acceptors (Lipinski definition) is 8. The SMILES string of the molecule is COCCCN1CCOc2ccc(CO[C@H]3CNC[C@@H](OCCN(C)C)[C@@H]3c3ccc(OC)cc3)cc21. The molecule has 2 heterocycles. The molecule has 0 bridgehead atoms. The first-order valence-electron chi connectivity index (χ1n) is 13.3. The molecule has 37 heavy (non-hydrogen) atoms. The van der Waals surface area contributed by atoms with Crippen LogP contribution in [0.15, 0.2) is 42.5 Å². The molecule has 0 radical (unpaired) electrons. The van der Waals surface area contributed by atoms with Gasteiger partial charge in [-0.1, -0.05) is 18.2 Å². The van der Waals surface area contributed by atoms with Crippen LogP contribution in [0, 0.1) is 0 Å². The topological polar surface area (TPSA) is 64.7 Å². The molecule has 1 fully saturated rings. The molecule has 2 aromatic rings. The number of benzene rings is 2. The van der Waals surface area contributed by atoms with Crippen LogP contribution >= 0.6 is 0 Å². The summed E-state index contributed by atoms with van der Waals surface area (Å²) in [4.78, 5) is 4.53. The second-order valence-electron chi connectivity index (χ2n) is 10.0. The molecule has 2 aliphatic rings. The summed E-state index contributed by atoms with van der Waals surface area (Å²) in [5.74, 6) is 1.92. The average molecular weight is 514 g/mol. The molecule has 0 amide bonds. The summed E-state index contributed by atoms with van der Waals surface area (Å²) in [7, 11) is 7.58. The highest BCUT2D eigenvalue weighted by atomic mass is 16.5. The molecule has 0 aliphatic carbocycles. The lowest BCUT2D eigenvalue weighted by atomic mass is 9.85. The van der Waals surface area contributed by atoms with E-state index in [1.165, 1.54) is 5.56 Å². The first kappa shape index (κ1) is 27.7. The number of methoxy groups -OCH3 is 2. The second kappa shape index (κ2) is 14.0. The average Bonchev–Trinajstić information content (AvgIpc) is 2.92. The van der Waals surface area contributed by atoms with E-state index in [0.717, 1.165) is 68.5 Å². The molecule has 4 rings (SSSR count). The number of hydrogen-bond donors (Lipinski definition) is 1. The summed E-state index contributed by atoms with van der Waals surface area (Å²) in [5.41, 5.74) is 3.50. The van der Waals surface area contributed by atoms with Crippen LogP contribution in [0.4, 0.5) is 5.69 Å². The molecule has 204 valence electrons. The molecule has 0 saturated carbocycles. The Morgan fingerprint density at radius 2 is 1.78 bits per heavy atom. The predicted octanol–water partition coefficient (Wildman–Crippen LogP) is 3.15. The lowest BCUT2D eigenvalue weighted by Gasteiger charge is -2.39. The summed E-state index contributed by atoms with van der Waals surface area (Å²) in [6.45, 7) is 6.99. The van der Waals surface area contributed by atoms with Gasteiger partial charge in [0.1, 0.15) is 18.1 Å². The molecular formula is C29H43N3O5. The van der Waals surface area contributed by atoms with Crippen LogP contribution < -0.4 is 19.7 Å². The van der Waals surface area contributed by atoms with Crippen molar-refractivity contribution in [3.05, 3.63) is 53.6 Å². The van der Waals surface area contributed by atoms with Gasteiger partial charge in [0.05, 0.1) is 44.8 Å². The van der Waals surface area contributed by atoms with Crippen LogP contribution in [-0.4, -0.2) is 98.0 Å². The van der Waals surface area contributed by atoms with E-state index < -0.39 is 0 Å². The largest absolute Gasteiger partial charge is 0.497 e. The zero-order chi connectivity index (χ0) is 26.0. The van der Waals surface area contributed by atoms with Crippen LogP contribution in [0.2, 0.25) is 0 Å². The Bertz CT molecular complexity index is 955. The number of likely N-dealkylation sites (N-methyl/N-ethyl adjacent to an activating group) is 1. The van der Waals surface area contributed by atoms with Crippen LogP contribution in [0.5, 0.6) is 11.5 Å². The molecule has 0 aromatic heterocycles. The summed E-state index contributed by atoms with van der Waals surface area (Å²) >= 11 is 0. The highest BCUT2D eigenvalue weighted by Crippen LogP contribution is 2.35. The number of anilines is 1. The molecule has 0 unspecified atom stereocenters. The van der Waals surface area contributed by atoms with Crippen molar-refractivity contribution in [2.75, 3.05) is 85.8 Å². The van der Waals surface area contributed by atoms with E-state index in [2.05, 4.69) is 59.5 Å². The lowest BCUT2D eigenvalue weighted by Crippen LogP contribution is -2.51. The summed E-state index contributed by atoms with van der Waals surface area (Å²) in [5, 5.41) is 3.54. The Kier molecular flexibility index (Phi) is 10.5. The Morgan fingerprint density at radius 1 is 1.00 bits per heavy atom. The van der Waals surface area contributed by atoms with Crippen molar-refractivity contribution in [2.45, 2.75) is 31.2 Å². The highest BCUT2D eigenvalue weighted by molar-refractivity contribution is 5.61. The van der Waals surface area contributed by atoms with Crippen LogP contribution in [0.3, 0.4) is 0 Å². The van der Waals surface area contributed by atoms with Crippen molar-refractivity contribution in [3.63, 3.8) is 0 Å². The predicted molar refractivity (Wildman–Crippen MR) is 146 cm³/mol. The van der Waals surface area contributed by atoms with Crippen molar-refractivity contribution in [1.82, 2.24) is 10.2 Å². The zero-order valence-electron chi connectivity index (χ0n) is 22.8. The molecule has 1 saturated heterocycles. The maximum Gasteiger partial charge on any atom is 0.142 e. The fourth-order valence-corrected chi connectivity index (χ4v) is 5.07. The van der Waals surface area contributed by atoms with Gasteiger partial charge in [-0.2, -0.15) is 0 Å². The number of nitrogens with zero attached hydrogens (tertiary/aromatic N) is 2. The Labute approximate surface area is 221 Å². The fraction of sp³-hybridized carbons (Fsp3) is 0.586. The zero-order valence-corrected chi connectivity index (χ0v) is 22.8. The number of nitrogens with one attached hydrogen (secondary N) is 1. The van der Waals surface area contributed by atoms with Crippen molar-refractivity contribution in [2.24, 2.45) is 0 Å². The molecule has 2 aliphatic heterocycles. The quantitative estimate of drug-likeness (QED) is 0.410. The minimum absolute atomic E-state index is 0.0170. The van der Waals surface area contributed by atoms with Crippen LogP contribution in [0.25, 0.3) is 0 Å². The van der Waals surface area contributed by atoms with E-state index >= 15 is 0 Å². The van der Waals surface area contributed by atoms with Crippen molar-refractivity contribution >= 4 is 5.69 Å². The molecule has 2 aromatic carbocycles. The number of rotatable bonds is 13. The van der Waals surface area contributed by atoms with Gasteiger partial charge in [0.25, 0.3) is 0 Å². The monoisotopic (exact) mass is 513 g/mol.